The Morgan fingerprint density at radius 2 is 2.00 bits per heavy atom. The van der Waals surface area contributed by atoms with Crippen LogP contribution in [-0.2, 0) is 0 Å². The minimum absolute atomic E-state index is 0.270. The van der Waals surface area contributed by atoms with E-state index in [1.807, 2.05) is 6.26 Å². The molecule has 0 spiro atoms. The number of hydrogen-bond acceptors (Lipinski definition) is 1. The predicted octanol–water partition coefficient (Wildman–Crippen LogP) is 4.57. The van der Waals surface area contributed by atoms with Gasteiger partial charge in [-0.3, -0.25) is 0 Å². The van der Waals surface area contributed by atoms with Gasteiger partial charge >= 0.3 is 0 Å². The van der Waals surface area contributed by atoms with Crippen LogP contribution in [0.15, 0.2) is 22.3 Å². The van der Waals surface area contributed by atoms with Gasteiger partial charge in [-0.15, -0.1) is 0 Å². The third-order valence-corrected chi connectivity index (χ3v) is 3.43. The smallest absolute Gasteiger partial charge is 0.130 e. The second kappa shape index (κ2) is 3.55. The number of allylic oxidation sites excluding steroid dienone is 2. The van der Waals surface area contributed by atoms with Crippen LogP contribution in [0.4, 0.5) is 0 Å². The Kier molecular flexibility index (Phi) is 2.49. The van der Waals surface area contributed by atoms with E-state index < -0.39 is 0 Å². The van der Waals surface area contributed by atoms with Gasteiger partial charge in [-0.25, -0.2) is 0 Å². The summed E-state index contributed by atoms with van der Waals surface area (Å²) in [4.78, 5) is 0. The summed E-state index contributed by atoms with van der Waals surface area (Å²) in [6.45, 7) is 8.97. The van der Waals surface area contributed by atoms with Gasteiger partial charge in [0.1, 0.15) is 5.76 Å². The van der Waals surface area contributed by atoms with Crippen LogP contribution in [-0.4, -0.2) is 0 Å². The second-order valence-electron chi connectivity index (χ2n) is 5.38. The molecule has 1 nitrogen and oxygen atoms in total. The van der Waals surface area contributed by atoms with Gasteiger partial charge in [0.2, 0.25) is 0 Å². The fraction of sp³-hybridized carbons (Fsp3) is 0.571. The van der Waals surface area contributed by atoms with Crippen molar-refractivity contribution in [3.63, 3.8) is 0 Å². The molecule has 2 rings (SSSR count). The molecule has 1 aromatic rings. The van der Waals surface area contributed by atoms with E-state index in [0.29, 0.717) is 0 Å². The van der Waals surface area contributed by atoms with E-state index >= 15 is 0 Å². The zero-order valence-electron chi connectivity index (χ0n) is 10.2. The highest BCUT2D eigenvalue weighted by Crippen LogP contribution is 2.45. The highest BCUT2D eigenvalue weighted by atomic mass is 16.3. The largest absolute Gasteiger partial charge is 0.464 e. The van der Waals surface area contributed by atoms with Crippen molar-refractivity contribution in [2.24, 2.45) is 5.41 Å². The molecule has 0 amide bonds. The molecule has 15 heavy (non-hydrogen) atoms. The van der Waals surface area contributed by atoms with E-state index in [1.54, 1.807) is 0 Å². The van der Waals surface area contributed by atoms with Gasteiger partial charge in [-0.05, 0) is 55.7 Å². The molecular formula is C14H20O. The summed E-state index contributed by atoms with van der Waals surface area (Å²) in [5.41, 5.74) is 4.42. The quantitative estimate of drug-likeness (QED) is 0.653. The normalized spacial score (nSPS) is 20.8. The molecule has 82 valence electrons. The second-order valence-corrected chi connectivity index (χ2v) is 5.38. The first kappa shape index (κ1) is 10.5. The number of rotatable bonds is 1. The summed E-state index contributed by atoms with van der Waals surface area (Å²) < 4.78 is 5.65. The first-order valence-corrected chi connectivity index (χ1v) is 5.76. The molecule has 0 bridgehead atoms. The van der Waals surface area contributed by atoms with E-state index in [1.165, 1.54) is 36.0 Å². The van der Waals surface area contributed by atoms with Gasteiger partial charge in [0.05, 0.1) is 6.26 Å². The van der Waals surface area contributed by atoms with Crippen molar-refractivity contribution in [3.8, 4) is 0 Å². The van der Waals surface area contributed by atoms with Crippen molar-refractivity contribution in [3.05, 3.63) is 29.2 Å². The fourth-order valence-electron chi connectivity index (χ4n) is 2.73. The lowest BCUT2D eigenvalue weighted by Crippen LogP contribution is -2.18. The molecule has 0 fully saturated rings. The molecule has 0 aromatic carbocycles. The Morgan fingerprint density at radius 3 is 2.53 bits per heavy atom. The molecule has 1 heterocycles. The summed E-state index contributed by atoms with van der Waals surface area (Å²) in [7, 11) is 0. The minimum atomic E-state index is 0.270. The van der Waals surface area contributed by atoms with E-state index in [4.69, 9.17) is 4.42 Å². The lowest BCUT2D eigenvalue weighted by Gasteiger charge is -2.33. The first-order valence-electron chi connectivity index (χ1n) is 5.76. The standard InChI is InChI=1S/C14H20O/c1-10-8-12(15-9-10)13-11(2)6-5-7-14(13,3)4/h8-9H,5-7H2,1-4H3. The maximum absolute atomic E-state index is 5.65. The van der Waals surface area contributed by atoms with Crippen LogP contribution in [0.2, 0.25) is 0 Å². The average molecular weight is 204 g/mol. The summed E-state index contributed by atoms with van der Waals surface area (Å²) >= 11 is 0. The van der Waals surface area contributed by atoms with Crippen LogP contribution in [0.25, 0.3) is 5.57 Å². The van der Waals surface area contributed by atoms with Crippen molar-refractivity contribution < 1.29 is 4.42 Å². The van der Waals surface area contributed by atoms with E-state index in [9.17, 15) is 0 Å². The zero-order valence-corrected chi connectivity index (χ0v) is 10.2. The molecule has 0 radical (unpaired) electrons. The lowest BCUT2D eigenvalue weighted by atomic mass is 9.72. The number of aryl methyl sites for hydroxylation is 1. The summed E-state index contributed by atoms with van der Waals surface area (Å²) in [6, 6.07) is 2.16. The van der Waals surface area contributed by atoms with Crippen LogP contribution in [0.3, 0.4) is 0 Å². The SMILES string of the molecule is CC1=C(c2cc(C)co2)C(C)(C)CCC1. The monoisotopic (exact) mass is 204 g/mol. The van der Waals surface area contributed by atoms with E-state index in [-0.39, 0.29) is 5.41 Å². The van der Waals surface area contributed by atoms with Gasteiger partial charge in [0.15, 0.2) is 0 Å². The Morgan fingerprint density at radius 1 is 1.27 bits per heavy atom. The fourth-order valence-corrected chi connectivity index (χ4v) is 2.73. The third-order valence-electron chi connectivity index (χ3n) is 3.43. The molecule has 0 unspecified atom stereocenters. The zero-order chi connectivity index (χ0) is 11.1. The van der Waals surface area contributed by atoms with Crippen molar-refractivity contribution in [2.75, 3.05) is 0 Å². The molecule has 1 aromatic heterocycles. The molecule has 0 saturated carbocycles. The maximum Gasteiger partial charge on any atom is 0.130 e. The number of furan rings is 1. The molecule has 0 N–H and O–H groups in total. The Hall–Kier alpha value is -0.980. The van der Waals surface area contributed by atoms with Gasteiger partial charge in [0, 0.05) is 0 Å². The topological polar surface area (TPSA) is 13.1 Å². The van der Waals surface area contributed by atoms with Crippen LogP contribution in [0.1, 0.15) is 51.4 Å². The molecule has 0 atom stereocenters. The maximum atomic E-state index is 5.65. The molecule has 1 heteroatoms. The van der Waals surface area contributed by atoms with Crippen LogP contribution >= 0.6 is 0 Å². The molecule has 1 aliphatic carbocycles. The highest BCUT2D eigenvalue weighted by Gasteiger charge is 2.31. The van der Waals surface area contributed by atoms with Gasteiger partial charge in [0.25, 0.3) is 0 Å². The first-order chi connectivity index (χ1) is 7.00. The van der Waals surface area contributed by atoms with Crippen molar-refractivity contribution in [1.29, 1.82) is 0 Å². The van der Waals surface area contributed by atoms with E-state index in [2.05, 4.69) is 33.8 Å². The lowest BCUT2D eigenvalue weighted by molar-refractivity contribution is 0.401. The van der Waals surface area contributed by atoms with Crippen LogP contribution in [0, 0.1) is 12.3 Å². The molecule has 1 aliphatic rings. The minimum Gasteiger partial charge on any atom is -0.464 e. The Bertz CT molecular complexity index is 393. The third kappa shape index (κ3) is 1.88. The van der Waals surface area contributed by atoms with Crippen LogP contribution in [0.5, 0.6) is 0 Å². The van der Waals surface area contributed by atoms with Gasteiger partial charge < -0.3 is 4.42 Å². The van der Waals surface area contributed by atoms with Crippen molar-refractivity contribution in [1.82, 2.24) is 0 Å². The number of hydrogen-bond donors (Lipinski definition) is 0. The Labute approximate surface area is 92.2 Å². The molecule has 0 aliphatic heterocycles. The van der Waals surface area contributed by atoms with Gasteiger partial charge in [-0.2, -0.15) is 0 Å². The van der Waals surface area contributed by atoms with Crippen molar-refractivity contribution >= 4 is 5.57 Å². The van der Waals surface area contributed by atoms with E-state index in [0.717, 1.165) is 5.76 Å². The van der Waals surface area contributed by atoms with Crippen LogP contribution < -0.4 is 0 Å². The predicted molar refractivity (Wildman–Crippen MR) is 63.7 cm³/mol. The molecular weight excluding hydrogens is 184 g/mol. The summed E-state index contributed by atoms with van der Waals surface area (Å²) in [5, 5.41) is 0. The highest BCUT2D eigenvalue weighted by molar-refractivity contribution is 5.70. The Balaban J connectivity index is 2.49. The summed E-state index contributed by atoms with van der Waals surface area (Å²) in [6.07, 6.45) is 5.64. The molecule has 0 saturated heterocycles. The van der Waals surface area contributed by atoms with Crippen molar-refractivity contribution in [2.45, 2.75) is 47.0 Å². The summed E-state index contributed by atoms with van der Waals surface area (Å²) in [5.74, 6) is 1.08. The average Bonchev–Trinajstić information content (AvgIpc) is 2.50. The van der Waals surface area contributed by atoms with Gasteiger partial charge in [-0.1, -0.05) is 19.4 Å².